The van der Waals surface area contributed by atoms with Crippen molar-refractivity contribution in [1.82, 2.24) is 9.29 Å². The quantitative estimate of drug-likeness (QED) is 0.822. The fourth-order valence-corrected chi connectivity index (χ4v) is 6.28. The number of nitrogens with zero attached hydrogens (tertiary/aromatic N) is 2. The summed E-state index contributed by atoms with van der Waals surface area (Å²) >= 11 is 0. The molecule has 2 fully saturated rings. The van der Waals surface area contributed by atoms with Gasteiger partial charge in [-0.05, 0) is 49.6 Å². The van der Waals surface area contributed by atoms with Gasteiger partial charge >= 0.3 is 0 Å². The third kappa shape index (κ3) is 3.10. The summed E-state index contributed by atoms with van der Waals surface area (Å²) in [7, 11) is -3.65. The predicted molar refractivity (Wildman–Crippen MR) is 94.9 cm³/mol. The van der Waals surface area contributed by atoms with Crippen LogP contribution in [0.15, 0.2) is 47.5 Å². The molecule has 0 saturated carbocycles. The van der Waals surface area contributed by atoms with Gasteiger partial charge < -0.3 is 4.74 Å². The zero-order valence-electron chi connectivity index (χ0n) is 14.5. The molecule has 0 aliphatic carbocycles. The highest BCUT2D eigenvalue weighted by atomic mass is 32.2. The summed E-state index contributed by atoms with van der Waals surface area (Å²) in [4.78, 5) is 4.38. The van der Waals surface area contributed by atoms with Gasteiger partial charge in [-0.2, -0.15) is 4.31 Å². The third-order valence-electron chi connectivity index (χ3n) is 5.24. The lowest BCUT2D eigenvalue weighted by atomic mass is 10.0. The molecule has 3 heterocycles. The summed E-state index contributed by atoms with van der Waals surface area (Å²) in [5.74, 6) is 0.148. The standard InChI is InChI=1S/C19H21FN2O3S/c1-13-10-14(20)5-8-18(13)26(23,24)22-15-6-7-16(22)12-17(11-15)25-19-4-2-3-9-21-19/h2-5,8-10,15-17H,6-7,11-12H2,1H3. The SMILES string of the molecule is Cc1cc(F)ccc1S(=O)(=O)N1C2CCC1CC(Oc1ccccn1)C2. The van der Waals surface area contributed by atoms with Crippen LogP contribution in [-0.4, -0.2) is 35.9 Å². The maximum absolute atomic E-state index is 13.4. The van der Waals surface area contributed by atoms with Gasteiger partial charge in [0.1, 0.15) is 11.9 Å². The molecule has 2 bridgehead atoms. The van der Waals surface area contributed by atoms with Crippen LogP contribution in [0.4, 0.5) is 4.39 Å². The van der Waals surface area contributed by atoms with Gasteiger partial charge in [0.05, 0.1) is 4.90 Å². The van der Waals surface area contributed by atoms with Crippen molar-refractivity contribution in [2.45, 2.75) is 55.7 Å². The second kappa shape index (κ2) is 6.63. The first kappa shape index (κ1) is 17.4. The fraction of sp³-hybridized carbons (Fsp3) is 0.421. The number of fused-ring (bicyclic) bond motifs is 2. The van der Waals surface area contributed by atoms with Gasteiger partial charge in [0.25, 0.3) is 0 Å². The highest BCUT2D eigenvalue weighted by Crippen LogP contribution is 2.41. The lowest BCUT2D eigenvalue weighted by Gasteiger charge is -2.37. The van der Waals surface area contributed by atoms with Crippen molar-refractivity contribution in [2.24, 2.45) is 0 Å². The Labute approximate surface area is 152 Å². The van der Waals surface area contributed by atoms with Crippen LogP contribution in [0, 0.1) is 12.7 Å². The van der Waals surface area contributed by atoms with Crippen LogP contribution in [0.3, 0.4) is 0 Å². The summed E-state index contributed by atoms with van der Waals surface area (Å²) in [6, 6.07) is 9.19. The van der Waals surface area contributed by atoms with E-state index in [1.165, 1.54) is 18.2 Å². The van der Waals surface area contributed by atoms with E-state index in [1.54, 1.807) is 17.4 Å². The van der Waals surface area contributed by atoms with Crippen LogP contribution >= 0.6 is 0 Å². The number of sulfonamides is 1. The second-order valence-corrected chi connectivity index (χ2v) is 8.82. The Balaban J connectivity index is 1.56. The Kier molecular flexibility index (Phi) is 4.44. The van der Waals surface area contributed by atoms with Crippen LogP contribution < -0.4 is 4.74 Å². The maximum Gasteiger partial charge on any atom is 0.243 e. The van der Waals surface area contributed by atoms with E-state index in [0.717, 1.165) is 12.8 Å². The van der Waals surface area contributed by atoms with E-state index < -0.39 is 15.8 Å². The van der Waals surface area contributed by atoms with Crippen molar-refractivity contribution in [1.29, 1.82) is 0 Å². The number of benzene rings is 1. The number of aromatic nitrogens is 1. The van der Waals surface area contributed by atoms with Crippen molar-refractivity contribution < 1.29 is 17.5 Å². The van der Waals surface area contributed by atoms with E-state index in [2.05, 4.69) is 4.98 Å². The second-order valence-electron chi connectivity index (χ2n) is 7.01. The summed E-state index contributed by atoms with van der Waals surface area (Å²) in [5.41, 5.74) is 0.441. The molecule has 7 heteroatoms. The predicted octanol–water partition coefficient (Wildman–Crippen LogP) is 3.29. The molecule has 26 heavy (non-hydrogen) atoms. The first-order valence-corrected chi connectivity index (χ1v) is 10.3. The zero-order chi connectivity index (χ0) is 18.3. The molecule has 2 aliphatic rings. The fourth-order valence-electron chi connectivity index (χ4n) is 4.18. The molecule has 2 saturated heterocycles. The summed E-state index contributed by atoms with van der Waals surface area (Å²) in [6.07, 6.45) is 4.58. The molecule has 1 aromatic carbocycles. The lowest BCUT2D eigenvalue weighted by Crippen LogP contribution is -2.49. The highest BCUT2D eigenvalue weighted by molar-refractivity contribution is 7.89. The highest BCUT2D eigenvalue weighted by Gasteiger charge is 2.48. The molecular formula is C19H21FN2O3S. The molecule has 0 N–H and O–H groups in total. The normalized spacial score (nSPS) is 26.0. The van der Waals surface area contributed by atoms with Gasteiger partial charge in [0.2, 0.25) is 15.9 Å². The number of pyridine rings is 1. The van der Waals surface area contributed by atoms with E-state index in [-0.39, 0.29) is 23.1 Å². The molecule has 138 valence electrons. The molecular weight excluding hydrogens is 355 g/mol. The molecule has 0 amide bonds. The molecule has 2 atom stereocenters. The van der Waals surface area contributed by atoms with E-state index in [9.17, 15) is 12.8 Å². The largest absolute Gasteiger partial charge is 0.474 e. The Hall–Kier alpha value is -1.99. The molecule has 0 radical (unpaired) electrons. The first-order valence-electron chi connectivity index (χ1n) is 8.82. The van der Waals surface area contributed by atoms with Gasteiger partial charge in [-0.25, -0.2) is 17.8 Å². The van der Waals surface area contributed by atoms with E-state index in [4.69, 9.17) is 4.74 Å². The lowest BCUT2D eigenvalue weighted by molar-refractivity contribution is 0.0918. The summed E-state index contributed by atoms with van der Waals surface area (Å²) in [5, 5.41) is 0. The van der Waals surface area contributed by atoms with Crippen molar-refractivity contribution in [2.75, 3.05) is 0 Å². The summed E-state index contributed by atoms with van der Waals surface area (Å²) < 4.78 is 47.4. The average molecular weight is 376 g/mol. The summed E-state index contributed by atoms with van der Waals surface area (Å²) in [6.45, 7) is 1.63. The van der Waals surface area contributed by atoms with Crippen molar-refractivity contribution >= 4 is 10.0 Å². The minimum absolute atomic E-state index is 0.0387. The number of piperidine rings is 1. The van der Waals surface area contributed by atoms with Crippen molar-refractivity contribution in [3.05, 3.63) is 54.0 Å². The molecule has 4 rings (SSSR count). The van der Waals surface area contributed by atoms with Gasteiger partial charge in [-0.15, -0.1) is 0 Å². The Bertz CT molecular complexity index is 890. The van der Waals surface area contributed by atoms with Gasteiger partial charge in [0.15, 0.2) is 0 Å². The van der Waals surface area contributed by atoms with Gasteiger partial charge in [-0.1, -0.05) is 6.07 Å². The van der Waals surface area contributed by atoms with Crippen molar-refractivity contribution in [3.63, 3.8) is 0 Å². The minimum atomic E-state index is -3.65. The molecule has 0 spiro atoms. The molecule has 2 aromatic rings. The van der Waals surface area contributed by atoms with E-state index in [0.29, 0.717) is 24.3 Å². The number of hydrogen-bond donors (Lipinski definition) is 0. The van der Waals surface area contributed by atoms with Crippen LogP contribution in [-0.2, 0) is 10.0 Å². The van der Waals surface area contributed by atoms with Crippen LogP contribution in [0.2, 0.25) is 0 Å². The molecule has 2 aliphatic heterocycles. The monoisotopic (exact) mass is 376 g/mol. The zero-order valence-corrected chi connectivity index (χ0v) is 15.3. The molecule has 1 aromatic heterocycles. The smallest absolute Gasteiger partial charge is 0.243 e. The van der Waals surface area contributed by atoms with Crippen LogP contribution in [0.1, 0.15) is 31.2 Å². The van der Waals surface area contributed by atoms with E-state index >= 15 is 0 Å². The molecule has 5 nitrogen and oxygen atoms in total. The Morgan fingerprint density at radius 3 is 2.50 bits per heavy atom. The first-order chi connectivity index (χ1) is 12.4. The number of hydrogen-bond acceptors (Lipinski definition) is 4. The van der Waals surface area contributed by atoms with E-state index in [1.807, 2.05) is 18.2 Å². The third-order valence-corrected chi connectivity index (χ3v) is 7.41. The van der Waals surface area contributed by atoms with Gasteiger partial charge in [-0.3, -0.25) is 0 Å². The minimum Gasteiger partial charge on any atom is -0.474 e. The topological polar surface area (TPSA) is 59.5 Å². The van der Waals surface area contributed by atoms with Crippen LogP contribution in [0.25, 0.3) is 0 Å². The maximum atomic E-state index is 13.4. The number of aryl methyl sites for hydroxylation is 1. The number of rotatable bonds is 4. The Morgan fingerprint density at radius 1 is 1.15 bits per heavy atom. The Morgan fingerprint density at radius 2 is 1.88 bits per heavy atom. The van der Waals surface area contributed by atoms with Gasteiger partial charge in [0, 0.05) is 37.2 Å². The average Bonchev–Trinajstić information content (AvgIpc) is 2.88. The molecule has 2 unspecified atom stereocenters. The van der Waals surface area contributed by atoms with Crippen molar-refractivity contribution in [3.8, 4) is 5.88 Å². The number of ether oxygens (including phenoxy) is 1. The number of halogens is 1. The van der Waals surface area contributed by atoms with Crippen LogP contribution in [0.5, 0.6) is 5.88 Å².